The van der Waals surface area contributed by atoms with Gasteiger partial charge in [0.15, 0.2) is 5.82 Å². The minimum atomic E-state index is -0.223. The van der Waals surface area contributed by atoms with Crippen molar-refractivity contribution in [3.8, 4) is 0 Å². The van der Waals surface area contributed by atoms with Crippen LogP contribution in [0.25, 0.3) is 0 Å². The van der Waals surface area contributed by atoms with Crippen LogP contribution in [0.15, 0.2) is 29.8 Å². The third kappa shape index (κ3) is 3.69. The van der Waals surface area contributed by atoms with E-state index in [2.05, 4.69) is 16.0 Å². The minimum Gasteiger partial charge on any atom is -0.367 e. The summed E-state index contributed by atoms with van der Waals surface area (Å²) in [4.78, 5) is 24.2. The minimum absolute atomic E-state index is 0.175. The van der Waals surface area contributed by atoms with Crippen molar-refractivity contribution in [1.29, 1.82) is 0 Å². The first-order chi connectivity index (χ1) is 10.7. The molecule has 0 saturated carbocycles. The molecule has 5 nitrogen and oxygen atoms in total. The molecule has 22 heavy (non-hydrogen) atoms. The highest BCUT2D eigenvalue weighted by atomic mass is 32.1. The van der Waals surface area contributed by atoms with E-state index in [0.717, 1.165) is 12.1 Å². The van der Waals surface area contributed by atoms with Crippen molar-refractivity contribution in [3.05, 3.63) is 46.2 Å². The van der Waals surface area contributed by atoms with Crippen LogP contribution in [-0.2, 0) is 16.0 Å². The molecule has 2 aromatic rings. The number of morpholine rings is 1. The zero-order valence-corrected chi connectivity index (χ0v) is 13.4. The second kappa shape index (κ2) is 6.98. The largest absolute Gasteiger partial charge is 0.367 e. The molecule has 2 aromatic heterocycles. The quantitative estimate of drug-likeness (QED) is 0.869. The lowest BCUT2D eigenvalue weighted by Gasteiger charge is -2.32. The van der Waals surface area contributed by atoms with Crippen LogP contribution >= 0.6 is 11.3 Å². The molecule has 3 rings (SSSR count). The smallest absolute Gasteiger partial charge is 0.223 e. The van der Waals surface area contributed by atoms with Crippen LogP contribution in [-0.4, -0.2) is 40.5 Å². The summed E-state index contributed by atoms with van der Waals surface area (Å²) < 4.78 is 5.73. The predicted molar refractivity (Wildman–Crippen MR) is 84.7 cm³/mol. The number of rotatable bonds is 4. The van der Waals surface area contributed by atoms with Crippen LogP contribution in [0.5, 0.6) is 0 Å². The number of amides is 1. The molecule has 1 saturated heterocycles. The highest BCUT2D eigenvalue weighted by Gasteiger charge is 2.26. The Morgan fingerprint density at radius 2 is 2.41 bits per heavy atom. The van der Waals surface area contributed by atoms with Gasteiger partial charge in [0.2, 0.25) is 5.91 Å². The van der Waals surface area contributed by atoms with Gasteiger partial charge in [0.1, 0.15) is 6.10 Å². The monoisotopic (exact) mass is 317 g/mol. The lowest BCUT2D eigenvalue weighted by atomic mass is 10.2. The van der Waals surface area contributed by atoms with E-state index < -0.39 is 0 Å². The predicted octanol–water partition coefficient (Wildman–Crippen LogP) is 2.38. The Morgan fingerprint density at radius 1 is 1.50 bits per heavy atom. The Hall–Kier alpha value is -1.79. The van der Waals surface area contributed by atoms with Gasteiger partial charge in [0.25, 0.3) is 0 Å². The number of nitrogens with zero attached hydrogens (tertiary/aromatic N) is 3. The summed E-state index contributed by atoms with van der Waals surface area (Å²) in [5.41, 5.74) is 0.912. The van der Waals surface area contributed by atoms with Crippen LogP contribution in [0.2, 0.25) is 0 Å². The standard InChI is InChI=1S/C16H19N3O2S/c1-12-6-7-17-16(18-12)14-11-19(8-9-21-14)15(20)5-4-13-3-2-10-22-13/h2-3,6-7,10,14H,4-5,8-9,11H2,1H3. The van der Waals surface area contributed by atoms with Crippen molar-refractivity contribution in [2.24, 2.45) is 0 Å². The summed E-state index contributed by atoms with van der Waals surface area (Å²) in [5, 5.41) is 2.04. The van der Waals surface area contributed by atoms with Gasteiger partial charge in [0, 0.05) is 29.7 Å². The molecule has 1 aliphatic heterocycles. The van der Waals surface area contributed by atoms with Gasteiger partial charge in [-0.2, -0.15) is 0 Å². The van der Waals surface area contributed by atoms with Gasteiger partial charge in [-0.15, -0.1) is 11.3 Å². The lowest BCUT2D eigenvalue weighted by molar-refractivity contribution is -0.139. The summed E-state index contributed by atoms with van der Waals surface area (Å²) in [6, 6.07) is 5.95. The molecule has 6 heteroatoms. The Morgan fingerprint density at radius 3 is 3.18 bits per heavy atom. The summed E-state index contributed by atoms with van der Waals surface area (Å²) in [6.45, 7) is 3.64. The molecule has 0 spiro atoms. The van der Waals surface area contributed by atoms with Gasteiger partial charge < -0.3 is 9.64 Å². The van der Waals surface area contributed by atoms with Crippen LogP contribution in [0.1, 0.15) is 28.9 Å². The summed E-state index contributed by atoms with van der Waals surface area (Å²) in [7, 11) is 0. The molecule has 1 unspecified atom stereocenters. The third-order valence-corrected chi connectivity index (χ3v) is 4.62. The van der Waals surface area contributed by atoms with Gasteiger partial charge in [-0.3, -0.25) is 4.79 Å². The number of thiophene rings is 1. The van der Waals surface area contributed by atoms with E-state index >= 15 is 0 Å². The topological polar surface area (TPSA) is 55.3 Å². The highest BCUT2D eigenvalue weighted by Crippen LogP contribution is 2.20. The Balaban J connectivity index is 1.59. The normalized spacial score (nSPS) is 18.4. The maximum atomic E-state index is 12.4. The van der Waals surface area contributed by atoms with E-state index in [1.807, 2.05) is 29.3 Å². The van der Waals surface area contributed by atoms with Crippen molar-refractivity contribution < 1.29 is 9.53 Å². The first-order valence-corrected chi connectivity index (χ1v) is 8.31. The average Bonchev–Trinajstić information content (AvgIpc) is 3.06. The number of carbonyl (C=O) groups is 1. The molecule has 0 aromatic carbocycles. The maximum absolute atomic E-state index is 12.4. The fourth-order valence-corrected chi connectivity index (χ4v) is 3.21. The Labute approximate surface area is 134 Å². The summed E-state index contributed by atoms with van der Waals surface area (Å²) >= 11 is 1.70. The maximum Gasteiger partial charge on any atom is 0.223 e. The molecular formula is C16H19N3O2S. The number of aromatic nitrogens is 2. The van der Waals surface area contributed by atoms with Crippen molar-refractivity contribution in [1.82, 2.24) is 14.9 Å². The molecule has 0 N–H and O–H groups in total. The van der Waals surface area contributed by atoms with Gasteiger partial charge >= 0.3 is 0 Å². The number of ether oxygens (including phenoxy) is 1. The van der Waals surface area contributed by atoms with Gasteiger partial charge in [-0.1, -0.05) is 6.07 Å². The number of carbonyl (C=O) groups excluding carboxylic acids is 1. The van der Waals surface area contributed by atoms with E-state index in [1.54, 1.807) is 17.5 Å². The fourth-order valence-electron chi connectivity index (χ4n) is 2.50. The van der Waals surface area contributed by atoms with Crippen molar-refractivity contribution in [3.63, 3.8) is 0 Å². The summed E-state index contributed by atoms with van der Waals surface area (Å²) in [6.07, 6.45) is 2.86. The first kappa shape index (κ1) is 15.1. The average molecular weight is 317 g/mol. The molecule has 3 heterocycles. The number of aryl methyl sites for hydroxylation is 2. The van der Waals surface area contributed by atoms with E-state index in [4.69, 9.17) is 4.74 Å². The third-order valence-electron chi connectivity index (χ3n) is 3.69. The van der Waals surface area contributed by atoms with Crippen LogP contribution in [0.3, 0.4) is 0 Å². The SMILES string of the molecule is Cc1ccnc(C2CN(C(=O)CCc3cccs3)CCO2)n1. The zero-order valence-electron chi connectivity index (χ0n) is 12.6. The van der Waals surface area contributed by atoms with E-state index in [-0.39, 0.29) is 12.0 Å². The van der Waals surface area contributed by atoms with Crippen LogP contribution in [0, 0.1) is 6.92 Å². The first-order valence-electron chi connectivity index (χ1n) is 7.43. The summed E-state index contributed by atoms with van der Waals surface area (Å²) in [5.74, 6) is 0.838. The highest BCUT2D eigenvalue weighted by molar-refractivity contribution is 7.09. The van der Waals surface area contributed by atoms with Gasteiger partial charge in [-0.05, 0) is 30.9 Å². The van der Waals surface area contributed by atoms with Crippen molar-refractivity contribution in [2.45, 2.75) is 25.9 Å². The van der Waals surface area contributed by atoms with Gasteiger partial charge in [0.05, 0.1) is 13.2 Å². The van der Waals surface area contributed by atoms with E-state index in [9.17, 15) is 4.79 Å². The number of hydrogen-bond donors (Lipinski definition) is 0. The molecule has 0 radical (unpaired) electrons. The molecular weight excluding hydrogens is 298 g/mol. The van der Waals surface area contributed by atoms with Crippen LogP contribution in [0.4, 0.5) is 0 Å². The van der Waals surface area contributed by atoms with Crippen molar-refractivity contribution in [2.75, 3.05) is 19.7 Å². The zero-order chi connectivity index (χ0) is 15.4. The Bertz CT molecular complexity index is 630. The molecule has 0 bridgehead atoms. The van der Waals surface area contributed by atoms with Gasteiger partial charge in [-0.25, -0.2) is 9.97 Å². The number of hydrogen-bond acceptors (Lipinski definition) is 5. The molecule has 116 valence electrons. The molecule has 1 amide bonds. The molecule has 1 fully saturated rings. The van der Waals surface area contributed by atoms with E-state index in [0.29, 0.717) is 31.9 Å². The molecule has 1 aliphatic rings. The van der Waals surface area contributed by atoms with Crippen molar-refractivity contribution >= 4 is 17.2 Å². The van der Waals surface area contributed by atoms with Crippen LogP contribution < -0.4 is 0 Å². The second-order valence-electron chi connectivity index (χ2n) is 5.33. The molecule has 0 aliphatic carbocycles. The van der Waals surface area contributed by atoms with E-state index in [1.165, 1.54) is 4.88 Å². The molecule has 1 atom stereocenters. The second-order valence-corrected chi connectivity index (χ2v) is 6.37. The lowest BCUT2D eigenvalue weighted by Crippen LogP contribution is -2.42. The Kier molecular flexibility index (Phi) is 4.80. The fraction of sp³-hybridized carbons (Fsp3) is 0.438.